The van der Waals surface area contributed by atoms with Gasteiger partial charge in [-0.2, -0.15) is 10.5 Å². The fraction of sp³-hybridized carbons (Fsp3) is 0.222. The first-order valence-corrected chi connectivity index (χ1v) is 10.9. The third-order valence-electron chi connectivity index (χ3n) is 5.78. The minimum Gasteiger partial charge on any atom is -0.488 e. The van der Waals surface area contributed by atoms with Crippen molar-refractivity contribution in [1.82, 2.24) is 5.32 Å². The lowest BCUT2D eigenvalue weighted by molar-refractivity contribution is 0.0931. The molecular weight excluding hydrogens is 412 g/mol. The molecule has 164 valence electrons. The van der Waals surface area contributed by atoms with Crippen LogP contribution < -0.4 is 15.0 Å². The summed E-state index contributed by atoms with van der Waals surface area (Å²) in [5.74, 6) is 0.440. The number of ether oxygens (including phenoxy) is 1. The first-order valence-electron chi connectivity index (χ1n) is 10.9. The number of benzene rings is 3. The number of para-hydroxylation sites is 1. The summed E-state index contributed by atoms with van der Waals surface area (Å²) in [5.41, 5.74) is 3.70. The van der Waals surface area contributed by atoms with E-state index in [2.05, 4.69) is 22.4 Å². The number of nitriles is 2. The molecule has 0 saturated carbocycles. The van der Waals surface area contributed by atoms with Gasteiger partial charge in [0.05, 0.1) is 17.2 Å². The van der Waals surface area contributed by atoms with Crippen LogP contribution in [0.3, 0.4) is 0 Å². The Balaban J connectivity index is 1.31. The van der Waals surface area contributed by atoms with Crippen LogP contribution in [0.5, 0.6) is 5.75 Å². The third kappa shape index (κ3) is 5.50. The number of rotatable bonds is 6. The molecule has 3 aromatic carbocycles. The molecule has 0 radical (unpaired) electrons. The van der Waals surface area contributed by atoms with Crippen LogP contribution in [0.1, 0.15) is 39.9 Å². The van der Waals surface area contributed by atoms with Crippen molar-refractivity contribution < 1.29 is 9.53 Å². The van der Waals surface area contributed by atoms with E-state index in [4.69, 9.17) is 10.00 Å². The molecule has 3 aromatic rings. The minimum absolute atomic E-state index is 0.0916. The van der Waals surface area contributed by atoms with E-state index in [0.29, 0.717) is 22.4 Å². The maximum Gasteiger partial charge on any atom is 0.251 e. The maximum absolute atomic E-state index is 12.8. The number of amides is 1. The van der Waals surface area contributed by atoms with E-state index >= 15 is 0 Å². The Morgan fingerprint density at radius 3 is 2.45 bits per heavy atom. The van der Waals surface area contributed by atoms with Gasteiger partial charge in [-0.15, -0.1) is 0 Å². The van der Waals surface area contributed by atoms with Crippen molar-refractivity contribution in [3.05, 3.63) is 95.1 Å². The SMILES string of the molecule is N#Cc1ccc(N2CCC(NC(=O)c3cccc(COc4ccccc4C#N)c3)CC2)cc1. The normalized spacial score (nSPS) is 13.6. The largest absolute Gasteiger partial charge is 0.488 e. The molecule has 0 bridgehead atoms. The number of carbonyl (C=O) groups excluding carboxylic acids is 1. The van der Waals surface area contributed by atoms with Crippen LogP contribution in [-0.2, 0) is 6.61 Å². The number of hydrogen-bond donors (Lipinski definition) is 1. The predicted molar refractivity (Wildman–Crippen MR) is 126 cm³/mol. The van der Waals surface area contributed by atoms with Crippen molar-refractivity contribution in [3.8, 4) is 17.9 Å². The van der Waals surface area contributed by atoms with E-state index < -0.39 is 0 Å². The van der Waals surface area contributed by atoms with Gasteiger partial charge in [0.2, 0.25) is 0 Å². The van der Waals surface area contributed by atoms with E-state index in [-0.39, 0.29) is 18.6 Å². The Hall–Kier alpha value is -4.29. The summed E-state index contributed by atoms with van der Waals surface area (Å²) in [6.07, 6.45) is 1.72. The van der Waals surface area contributed by atoms with Gasteiger partial charge in [-0.25, -0.2) is 0 Å². The van der Waals surface area contributed by atoms with Crippen LogP contribution in [0.2, 0.25) is 0 Å². The highest BCUT2D eigenvalue weighted by Crippen LogP contribution is 2.21. The summed E-state index contributed by atoms with van der Waals surface area (Å²) in [4.78, 5) is 15.1. The quantitative estimate of drug-likeness (QED) is 0.618. The summed E-state index contributed by atoms with van der Waals surface area (Å²) < 4.78 is 5.79. The van der Waals surface area contributed by atoms with Crippen molar-refractivity contribution in [2.24, 2.45) is 0 Å². The Bertz CT molecular complexity index is 1200. The number of hydrogen-bond acceptors (Lipinski definition) is 5. The number of piperidine rings is 1. The topological polar surface area (TPSA) is 89.2 Å². The Morgan fingerprint density at radius 2 is 1.73 bits per heavy atom. The molecule has 1 aliphatic rings. The van der Waals surface area contributed by atoms with Crippen molar-refractivity contribution in [2.75, 3.05) is 18.0 Å². The summed E-state index contributed by atoms with van der Waals surface area (Å²) in [6.45, 7) is 1.98. The average molecular weight is 437 g/mol. The van der Waals surface area contributed by atoms with E-state index in [1.807, 2.05) is 48.5 Å². The van der Waals surface area contributed by atoms with E-state index in [0.717, 1.165) is 37.2 Å². The third-order valence-corrected chi connectivity index (χ3v) is 5.78. The highest BCUT2D eigenvalue weighted by atomic mass is 16.5. The molecule has 1 fully saturated rings. The van der Waals surface area contributed by atoms with Gasteiger partial charge in [0, 0.05) is 30.4 Å². The van der Waals surface area contributed by atoms with Gasteiger partial charge in [-0.3, -0.25) is 4.79 Å². The zero-order valence-corrected chi connectivity index (χ0v) is 18.2. The molecule has 6 heteroatoms. The zero-order valence-electron chi connectivity index (χ0n) is 18.2. The minimum atomic E-state index is -0.0916. The van der Waals surface area contributed by atoms with Crippen LogP contribution in [0.4, 0.5) is 5.69 Å². The predicted octanol–water partition coefficient (Wildman–Crippen LogP) is 4.41. The van der Waals surface area contributed by atoms with Gasteiger partial charge >= 0.3 is 0 Å². The molecule has 1 saturated heterocycles. The Kier molecular flexibility index (Phi) is 6.87. The second kappa shape index (κ2) is 10.3. The number of nitrogens with one attached hydrogen (secondary N) is 1. The van der Waals surface area contributed by atoms with Crippen molar-refractivity contribution in [3.63, 3.8) is 0 Å². The van der Waals surface area contributed by atoms with Crippen molar-refractivity contribution >= 4 is 11.6 Å². The van der Waals surface area contributed by atoms with Crippen LogP contribution in [0.15, 0.2) is 72.8 Å². The lowest BCUT2D eigenvalue weighted by atomic mass is 10.0. The molecule has 4 rings (SSSR count). The van der Waals surface area contributed by atoms with E-state index in [1.165, 1.54) is 0 Å². The summed E-state index contributed by atoms with van der Waals surface area (Å²) in [6, 6.07) is 26.5. The molecule has 1 amide bonds. The highest BCUT2D eigenvalue weighted by molar-refractivity contribution is 5.94. The first-order chi connectivity index (χ1) is 16.2. The van der Waals surface area contributed by atoms with Crippen LogP contribution >= 0.6 is 0 Å². The maximum atomic E-state index is 12.8. The second-order valence-corrected chi connectivity index (χ2v) is 7.99. The summed E-state index contributed by atoms with van der Waals surface area (Å²) >= 11 is 0. The first kappa shape index (κ1) is 21.9. The molecule has 1 aliphatic heterocycles. The smallest absolute Gasteiger partial charge is 0.251 e. The molecular formula is C27H24N4O2. The fourth-order valence-electron chi connectivity index (χ4n) is 3.95. The van der Waals surface area contributed by atoms with Gasteiger partial charge < -0.3 is 15.0 Å². The van der Waals surface area contributed by atoms with Crippen molar-refractivity contribution in [2.45, 2.75) is 25.5 Å². The lowest BCUT2D eigenvalue weighted by Crippen LogP contribution is -2.44. The standard InChI is InChI=1S/C27H24N4O2/c28-17-20-8-10-25(11-9-20)31-14-12-24(13-15-31)30-27(32)22-6-3-4-21(16-22)19-33-26-7-2-1-5-23(26)18-29/h1-11,16,24H,12-15,19H2,(H,30,32). The molecule has 0 spiro atoms. The van der Waals surface area contributed by atoms with Gasteiger partial charge in [0.1, 0.15) is 18.4 Å². The van der Waals surface area contributed by atoms with Gasteiger partial charge in [-0.05, 0) is 66.9 Å². The monoisotopic (exact) mass is 436 g/mol. The van der Waals surface area contributed by atoms with Gasteiger partial charge in [0.25, 0.3) is 5.91 Å². The zero-order chi connectivity index (χ0) is 23.0. The fourth-order valence-corrected chi connectivity index (χ4v) is 3.95. The van der Waals surface area contributed by atoms with E-state index in [9.17, 15) is 10.1 Å². The van der Waals surface area contributed by atoms with E-state index in [1.54, 1.807) is 24.3 Å². The second-order valence-electron chi connectivity index (χ2n) is 7.99. The molecule has 0 unspecified atom stereocenters. The molecule has 6 nitrogen and oxygen atoms in total. The van der Waals surface area contributed by atoms with Gasteiger partial charge in [0.15, 0.2) is 0 Å². The highest BCUT2D eigenvalue weighted by Gasteiger charge is 2.21. The molecule has 0 atom stereocenters. The molecule has 1 N–H and O–H groups in total. The molecule has 1 heterocycles. The summed E-state index contributed by atoms with van der Waals surface area (Å²) in [5, 5.41) is 21.3. The molecule has 0 aromatic heterocycles. The number of nitrogens with zero attached hydrogens (tertiary/aromatic N) is 3. The molecule has 33 heavy (non-hydrogen) atoms. The average Bonchev–Trinajstić information content (AvgIpc) is 2.88. The molecule has 0 aliphatic carbocycles. The van der Waals surface area contributed by atoms with Crippen LogP contribution in [0, 0.1) is 22.7 Å². The summed E-state index contributed by atoms with van der Waals surface area (Å²) in [7, 11) is 0. The van der Waals surface area contributed by atoms with Crippen LogP contribution in [0.25, 0.3) is 0 Å². The Labute approximate surface area is 193 Å². The van der Waals surface area contributed by atoms with Crippen LogP contribution in [-0.4, -0.2) is 25.0 Å². The van der Waals surface area contributed by atoms with Gasteiger partial charge in [-0.1, -0.05) is 24.3 Å². The Morgan fingerprint density at radius 1 is 0.970 bits per heavy atom. The van der Waals surface area contributed by atoms with Crippen molar-refractivity contribution in [1.29, 1.82) is 10.5 Å². The number of carbonyl (C=O) groups is 1. The lowest BCUT2D eigenvalue weighted by Gasteiger charge is -2.34. The number of anilines is 1.